The predicted octanol–water partition coefficient (Wildman–Crippen LogP) is 5.35. The second-order valence-electron chi connectivity index (χ2n) is 5.56. The van der Waals surface area contributed by atoms with Gasteiger partial charge in [-0.3, -0.25) is 0 Å². The van der Waals surface area contributed by atoms with Gasteiger partial charge in [-0.2, -0.15) is 0 Å². The molecule has 0 amide bonds. The molecule has 0 aromatic heterocycles. The Morgan fingerprint density at radius 2 is 1.68 bits per heavy atom. The first-order valence-corrected chi connectivity index (χ1v) is 10.6. The molecule has 2 heteroatoms. The van der Waals surface area contributed by atoms with Crippen LogP contribution in [-0.4, -0.2) is 8.07 Å². The lowest BCUT2D eigenvalue weighted by molar-refractivity contribution is 1.56. The number of benzene rings is 2. The molecule has 2 aromatic carbocycles. The highest BCUT2D eigenvalue weighted by Crippen LogP contribution is 2.25. The summed E-state index contributed by atoms with van der Waals surface area (Å²) in [7, 11) is -1.35. The van der Waals surface area contributed by atoms with Crippen LogP contribution in [-0.2, 0) is 0 Å². The molecule has 0 saturated heterocycles. The van der Waals surface area contributed by atoms with Crippen molar-refractivity contribution in [1.29, 1.82) is 0 Å². The van der Waals surface area contributed by atoms with Crippen molar-refractivity contribution < 1.29 is 0 Å². The van der Waals surface area contributed by atoms with E-state index < -0.39 is 8.07 Å². The smallest absolute Gasteiger partial charge is 0.127 e. The molecule has 0 unspecified atom stereocenters. The highest BCUT2D eigenvalue weighted by molar-refractivity contribution is 9.10. The summed E-state index contributed by atoms with van der Waals surface area (Å²) >= 11 is 3.53. The number of hydrogen-bond donors (Lipinski definition) is 0. The van der Waals surface area contributed by atoms with E-state index >= 15 is 0 Å². The molecule has 0 aliphatic heterocycles. The lowest BCUT2D eigenvalue weighted by Crippen LogP contribution is -2.16. The highest BCUT2D eigenvalue weighted by atomic mass is 79.9. The average molecular weight is 329 g/mol. The topological polar surface area (TPSA) is 0 Å². The highest BCUT2D eigenvalue weighted by Gasteiger charge is 2.08. The molecule has 2 rings (SSSR count). The van der Waals surface area contributed by atoms with Gasteiger partial charge >= 0.3 is 0 Å². The van der Waals surface area contributed by atoms with E-state index in [4.69, 9.17) is 0 Å². The first-order chi connectivity index (χ1) is 8.96. The molecule has 0 nitrogen and oxygen atoms in total. The van der Waals surface area contributed by atoms with E-state index in [1.54, 1.807) is 0 Å². The third-order valence-electron chi connectivity index (χ3n) is 2.63. The summed E-state index contributed by atoms with van der Waals surface area (Å²) in [5.74, 6) is 3.37. The molecule has 0 atom stereocenters. The first kappa shape index (κ1) is 14.1. The van der Waals surface area contributed by atoms with Gasteiger partial charge in [-0.15, -0.1) is 5.54 Å². The first-order valence-electron chi connectivity index (χ1n) is 6.34. The van der Waals surface area contributed by atoms with Crippen molar-refractivity contribution in [2.75, 3.05) is 0 Å². The van der Waals surface area contributed by atoms with Gasteiger partial charge in [-0.25, -0.2) is 0 Å². The van der Waals surface area contributed by atoms with Gasteiger partial charge in [0.25, 0.3) is 0 Å². The molecule has 0 fully saturated rings. The summed E-state index contributed by atoms with van der Waals surface area (Å²) in [5, 5.41) is 0. The summed E-state index contributed by atoms with van der Waals surface area (Å²) in [5.41, 5.74) is 6.96. The van der Waals surface area contributed by atoms with E-state index in [9.17, 15) is 0 Å². The fourth-order valence-corrected chi connectivity index (χ4v) is 2.66. The van der Waals surface area contributed by atoms with Crippen LogP contribution in [0.25, 0.3) is 11.1 Å². The molecule has 0 bridgehead atoms. The monoisotopic (exact) mass is 328 g/mol. The maximum atomic E-state index is 3.53. The molecule has 0 aliphatic carbocycles. The van der Waals surface area contributed by atoms with Crippen molar-refractivity contribution in [3.63, 3.8) is 0 Å². The van der Waals surface area contributed by atoms with Gasteiger partial charge < -0.3 is 0 Å². The Morgan fingerprint density at radius 1 is 0.947 bits per heavy atom. The van der Waals surface area contributed by atoms with Crippen molar-refractivity contribution >= 4 is 24.0 Å². The Hall–Kier alpha value is -1.30. The van der Waals surface area contributed by atoms with Crippen molar-refractivity contribution in [2.45, 2.75) is 19.6 Å². The molecule has 2 aromatic rings. The Balaban J connectivity index is 2.50. The van der Waals surface area contributed by atoms with E-state index in [-0.39, 0.29) is 0 Å². The second kappa shape index (κ2) is 5.77. The molecule has 0 radical (unpaired) electrons. The molecule has 96 valence electrons. The minimum Gasteiger partial charge on any atom is -0.127 e. The fraction of sp³-hybridized carbons (Fsp3) is 0.176. The van der Waals surface area contributed by atoms with Crippen LogP contribution in [0, 0.1) is 11.5 Å². The van der Waals surface area contributed by atoms with Gasteiger partial charge in [-0.1, -0.05) is 71.8 Å². The molecule has 0 N–H and O–H groups in total. The Labute approximate surface area is 125 Å². The lowest BCUT2D eigenvalue weighted by atomic mass is 10.0. The molecule has 0 heterocycles. The summed E-state index contributed by atoms with van der Waals surface area (Å²) in [4.78, 5) is 0. The van der Waals surface area contributed by atoms with Gasteiger partial charge in [-0.05, 0) is 29.3 Å². The van der Waals surface area contributed by atoms with Gasteiger partial charge in [0.1, 0.15) is 8.07 Å². The van der Waals surface area contributed by atoms with Crippen LogP contribution in [0.3, 0.4) is 0 Å². The lowest BCUT2D eigenvalue weighted by Gasteiger charge is -2.07. The van der Waals surface area contributed by atoms with E-state index in [0.29, 0.717) is 0 Å². The second-order valence-corrected chi connectivity index (χ2v) is 11.2. The molecule has 0 saturated carbocycles. The third-order valence-corrected chi connectivity index (χ3v) is 4.00. The SMILES string of the molecule is C[Si](C)(C)C#Cc1ccccc1-c1cccc(Br)c1. The summed E-state index contributed by atoms with van der Waals surface area (Å²) < 4.78 is 1.10. The van der Waals surface area contributed by atoms with Crippen LogP contribution in [0.2, 0.25) is 19.6 Å². The standard InChI is InChI=1S/C17H17BrSi/c1-19(2,3)12-11-14-7-4-5-10-17(14)15-8-6-9-16(18)13-15/h4-10,13H,1-3H3. The molecule has 0 aliphatic rings. The Morgan fingerprint density at radius 3 is 2.37 bits per heavy atom. The van der Waals surface area contributed by atoms with Gasteiger partial charge in [0.05, 0.1) is 0 Å². The number of rotatable bonds is 1. The molecule has 0 spiro atoms. The van der Waals surface area contributed by atoms with Crippen LogP contribution in [0.15, 0.2) is 53.0 Å². The average Bonchev–Trinajstić information content (AvgIpc) is 2.36. The summed E-state index contributed by atoms with van der Waals surface area (Å²) in [6.45, 7) is 6.80. The largest absolute Gasteiger partial charge is 0.129 e. The van der Waals surface area contributed by atoms with Crippen LogP contribution in [0.5, 0.6) is 0 Å². The fourth-order valence-electron chi connectivity index (χ4n) is 1.75. The summed E-state index contributed by atoms with van der Waals surface area (Å²) in [6, 6.07) is 16.7. The maximum Gasteiger partial charge on any atom is 0.129 e. The molecule has 19 heavy (non-hydrogen) atoms. The van der Waals surface area contributed by atoms with Gasteiger partial charge in [0.15, 0.2) is 0 Å². The van der Waals surface area contributed by atoms with E-state index in [1.165, 1.54) is 11.1 Å². The predicted molar refractivity (Wildman–Crippen MR) is 89.8 cm³/mol. The number of halogens is 1. The van der Waals surface area contributed by atoms with Crippen molar-refractivity contribution in [3.05, 3.63) is 58.6 Å². The van der Waals surface area contributed by atoms with Gasteiger partial charge in [0.2, 0.25) is 0 Å². The van der Waals surface area contributed by atoms with E-state index in [0.717, 1.165) is 10.0 Å². The van der Waals surface area contributed by atoms with Crippen molar-refractivity contribution in [3.8, 4) is 22.6 Å². The Kier molecular flexibility index (Phi) is 4.29. The Bertz CT molecular complexity index is 642. The molecular formula is C17H17BrSi. The molecular weight excluding hydrogens is 312 g/mol. The zero-order valence-corrected chi connectivity index (χ0v) is 14.1. The third kappa shape index (κ3) is 4.09. The van der Waals surface area contributed by atoms with E-state index in [2.05, 4.69) is 89.5 Å². The minimum absolute atomic E-state index is 1.10. The zero-order valence-electron chi connectivity index (χ0n) is 11.5. The van der Waals surface area contributed by atoms with E-state index in [1.807, 2.05) is 6.07 Å². The zero-order chi connectivity index (χ0) is 13.9. The van der Waals surface area contributed by atoms with Crippen LogP contribution in [0.1, 0.15) is 5.56 Å². The number of hydrogen-bond acceptors (Lipinski definition) is 0. The normalized spacial score (nSPS) is 10.7. The van der Waals surface area contributed by atoms with Gasteiger partial charge in [0, 0.05) is 10.0 Å². The summed E-state index contributed by atoms with van der Waals surface area (Å²) in [6.07, 6.45) is 0. The van der Waals surface area contributed by atoms with Crippen LogP contribution < -0.4 is 0 Å². The maximum absolute atomic E-state index is 3.53. The van der Waals surface area contributed by atoms with Crippen LogP contribution >= 0.6 is 15.9 Å². The van der Waals surface area contributed by atoms with Crippen molar-refractivity contribution in [2.24, 2.45) is 0 Å². The quantitative estimate of drug-likeness (QED) is 0.489. The minimum atomic E-state index is -1.35. The van der Waals surface area contributed by atoms with Crippen molar-refractivity contribution in [1.82, 2.24) is 0 Å². The van der Waals surface area contributed by atoms with Crippen LogP contribution in [0.4, 0.5) is 0 Å².